The second-order valence-electron chi connectivity index (χ2n) is 4.49. The van der Waals surface area contributed by atoms with Gasteiger partial charge in [0, 0.05) is 12.6 Å². The molecule has 1 heterocycles. The summed E-state index contributed by atoms with van der Waals surface area (Å²) in [6.07, 6.45) is 2.90. The average molecular weight is 303 g/mol. The molecule has 20 heavy (non-hydrogen) atoms. The molecule has 5 nitrogen and oxygen atoms in total. The zero-order valence-electron chi connectivity index (χ0n) is 13.1. The second-order valence-corrected chi connectivity index (χ2v) is 6.85. The van der Waals surface area contributed by atoms with Crippen molar-refractivity contribution >= 4 is 13.5 Å². The first kappa shape index (κ1) is 17.3. The van der Waals surface area contributed by atoms with Gasteiger partial charge in [-0.2, -0.15) is 0 Å². The summed E-state index contributed by atoms with van der Waals surface area (Å²) in [6.45, 7) is 8.37. The molecule has 0 saturated carbocycles. The summed E-state index contributed by atoms with van der Waals surface area (Å²) in [7, 11) is -1.51. The van der Waals surface area contributed by atoms with Crippen LogP contribution in [0.25, 0.3) is 0 Å². The molecule has 6 heteroatoms. The molecule has 0 amide bonds. The molecule has 0 aromatic carbocycles. The van der Waals surface area contributed by atoms with Crippen LogP contribution in [0.15, 0.2) is 16.7 Å². The maximum absolute atomic E-state index is 13.4. The maximum Gasteiger partial charge on any atom is 0.341 e. The summed E-state index contributed by atoms with van der Waals surface area (Å²) >= 11 is 0. The molecule has 0 bridgehead atoms. The molecule has 116 valence electrons. The molecule has 1 N–H and O–H groups in total. The Labute approximate surface area is 121 Å². The van der Waals surface area contributed by atoms with E-state index in [4.69, 9.17) is 13.5 Å². The summed E-state index contributed by atoms with van der Waals surface area (Å²) in [4.78, 5) is 0. The van der Waals surface area contributed by atoms with E-state index in [1.807, 2.05) is 33.8 Å². The lowest BCUT2D eigenvalue weighted by Crippen LogP contribution is -2.27. The molecule has 0 aliphatic heterocycles. The van der Waals surface area contributed by atoms with E-state index in [9.17, 15) is 4.57 Å². The highest BCUT2D eigenvalue weighted by Crippen LogP contribution is 2.69. The lowest BCUT2D eigenvalue weighted by Gasteiger charge is -2.37. The van der Waals surface area contributed by atoms with E-state index in [1.165, 1.54) is 0 Å². The van der Waals surface area contributed by atoms with Gasteiger partial charge in [0.2, 0.25) is 0 Å². The van der Waals surface area contributed by atoms with Crippen molar-refractivity contribution in [2.24, 2.45) is 0 Å². The van der Waals surface area contributed by atoms with Crippen molar-refractivity contribution in [1.82, 2.24) is 0 Å². The minimum absolute atomic E-state index is 0.353. The van der Waals surface area contributed by atoms with Gasteiger partial charge in [-0.15, -0.1) is 0 Å². The average Bonchev–Trinajstić information content (AvgIpc) is 2.90. The molecule has 1 aromatic rings. The number of nitrogens with one attached hydrogen (secondary N) is 1. The van der Waals surface area contributed by atoms with Gasteiger partial charge in [-0.1, -0.05) is 13.8 Å². The molecule has 0 saturated heterocycles. The quantitative estimate of drug-likeness (QED) is 0.675. The van der Waals surface area contributed by atoms with Crippen LogP contribution in [0, 0.1) is 0 Å². The van der Waals surface area contributed by atoms with Gasteiger partial charge in [-0.3, -0.25) is 4.57 Å². The van der Waals surface area contributed by atoms with Crippen molar-refractivity contribution in [3.8, 4) is 0 Å². The van der Waals surface area contributed by atoms with Crippen LogP contribution in [0.1, 0.15) is 46.1 Å². The summed E-state index contributed by atoms with van der Waals surface area (Å²) in [6, 6.07) is 1.85. The largest absolute Gasteiger partial charge is 0.449 e. The highest BCUT2D eigenvalue weighted by atomic mass is 31.2. The van der Waals surface area contributed by atoms with E-state index in [2.05, 4.69) is 5.32 Å². The highest BCUT2D eigenvalue weighted by molar-refractivity contribution is 7.55. The van der Waals surface area contributed by atoms with Crippen LogP contribution in [0.4, 0.5) is 5.88 Å². The topological polar surface area (TPSA) is 60.7 Å². The van der Waals surface area contributed by atoms with Crippen molar-refractivity contribution < 1.29 is 18.0 Å². The van der Waals surface area contributed by atoms with Crippen LogP contribution in [0.5, 0.6) is 0 Å². The molecule has 1 rings (SSSR count). The third-order valence-electron chi connectivity index (χ3n) is 3.69. The fourth-order valence-corrected chi connectivity index (χ4v) is 5.15. The Morgan fingerprint density at radius 2 is 1.75 bits per heavy atom. The van der Waals surface area contributed by atoms with E-state index >= 15 is 0 Å². The summed E-state index contributed by atoms with van der Waals surface area (Å²) in [5, 5.41) is 2.32. The molecule has 0 unspecified atom stereocenters. The standard InChI is InChI=1S/C14H26NO4P/c1-6-14(7-2,12-10-11-17-13(12)15-5)20(16,18-8-3)19-9-4/h10-11,15H,6-9H2,1-5H3. The molecule has 0 radical (unpaired) electrons. The summed E-state index contributed by atoms with van der Waals surface area (Å²) in [5.41, 5.74) is 0.857. The van der Waals surface area contributed by atoms with Crippen LogP contribution < -0.4 is 5.32 Å². The Morgan fingerprint density at radius 1 is 1.20 bits per heavy atom. The lowest BCUT2D eigenvalue weighted by atomic mass is 9.94. The van der Waals surface area contributed by atoms with Gasteiger partial charge in [-0.25, -0.2) is 0 Å². The Balaban J connectivity index is 3.43. The number of anilines is 1. The van der Waals surface area contributed by atoms with Crippen LogP contribution in [-0.4, -0.2) is 20.3 Å². The van der Waals surface area contributed by atoms with E-state index in [-0.39, 0.29) is 0 Å². The molecule has 1 aromatic heterocycles. The van der Waals surface area contributed by atoms with Gasteiger partial charge in [-0.05, 0) is 32.8 Å². The maximum atomic E-state index is 13.4. The zero-order chi connectivity index (χ0) is 15.2. The number of rotatable bonds is 9. The minimum atomic E-state index is -3.29. The smallest absolute Gasteiger partial charge is 0.341 e. The fraction of sp³-hybridized carbons (Fsp3) is 0.714. The van der Waals surface area contributed by atoms with Gasteiger partial charge in [0.15, 0.2) is 5.88 Å². The predicted molar refractivity (Wildman–Crippen MR) is 81.4 cm³/mol. The van der Waals surface area contributed by atoms with Gasteiger partial charge >= 0.3 is 7.60 Å². The second kappa shape index (κ2) is 7.30. The Morgan fingerprint density at radius 3 is 2.15 bits per heavy atom. The van der Waals surface area contributed by atoms with Crippen molar-refractivity contribution in [3.63, 3.8) is 0 Å². The zero-order valence-corrected chi connectivity index (χ0v) is 14.0. The first-order chi connectivity index (χ1) is 9.55. The molecule has 0 fully saturated rings. The first-order valence-electron chi connectivity index (χ1n) is 7.20. The summed E-state index contributed by atoms with van der Waals surface area (Å²) < 4.78 is 30.0. The minimum Gasteiger partial charge on any atom is -0.449 e. The van der Waals surface area contributed by atoms with Crippen molar-refractivity contribution in [3.05, 3.63) is 17.9 Å². The molecule has 0 atom stereocenters. The van der Waals surface area contributed by atoms with Crippen molar-refractivity contribution in [2.75, 3.05) is 25.6 Å². The fourth-order valence-electron chi connectivity index (χ4n) is 2.66. The number of furan rings is 1. The first-order valence-corrected chi connectivity index (χ1v) is 8.74. The number of hydrogen-bond acceptors (Lipinski definition) is 5. The van der Waals surface area contributed by atoms with Crippen LogP contribution in [-0.2, 0) is 18.8 Å². The van der Waals surface area contributed by atoms with Gasteiger partial charge < -0.3 is 18.8 Å². The monoisotopic (exact) mass is 303 g/mol. The van der Waals surface area contributed by atoms with E-state index in [0.29, 0.717) is 31.9 Å². The SMILES string of the molecule is CCOP(=O)(OCC)C(CC)(CC)c1ccoc1NC. The van der Waals surface area contributed by atoms with Crippen LogP contribution >= 0.6 is 7.60 Å². The van der Waals surface area contributed by atoms with Gasteiger partial charge in [0.1, 0.15) is 5.16 Å². The molecule has 0 aliphatic rings. The Hall–Kier alpha value is -0.770. The van der Waals surface area contributed by atoms with E-state index in [0.717, 1.165) is 5.56 Å². The molecular weight excluding hydrogens is 277 g/mol. The highest BCUT2D eigenvalue weighted by Gasteiger charge is 2.51. The van der Waals surface area contributed by atoms with E-state index in [1.54, 1.807) is 13.3 Å². The predicted octanol–water partition coefficient (Wildman–Crippen LogP) is 4.60. The Bertz CT molecular complexity index is 444. The summed E-state index contributed by atoms with van der Waals surface area (Å²) in [5.74, 6) is 0.619. The third-order valence-corrected chi connectivity index (χ3v) is 6.80. The number of hydrogen-bond donors (Lipinski definition) is 1. The van der Waals surface area contributed by atoms with Crippen molar-refractivity contribution in [2.45, 2.75) is 45.7 Å². The molecule has 0 aliphatic carbocycles. The van der Waals surface area contributed by atoms with E-state index < -0.39 is 12.8 Å². The molecule has 0 spiro atoms. The van der Waals surface area contributed by atoms with Gasteiger partial charge in [0.05, 0.1) is 19.5 Å². The van der Waals surface area contributed by atoms with Gasteiger partial charge in [0.25, 0.3) is 0 Å². The molecular formula is C14H26NO4P. The lowest BCUT2D eigenvalue weighted by molar-refractivity contribution is 0.191. The third kappa shape index (κ3) is 2.80. The Kier molecular flexibility index (Phi) is 6.31. The normalized spacial score (nSPS) is 12.7. The van der Waals surface area contributed by atoms with Crippen molar-refractivity contribution in [1.29, 1.82) is 0 Å². The van der Waals surface area contributed by atoms with Crippen LogP contribution in [0.3, 0.4) is 0 Å². The van der Waals surface area contributed by atoms with Crippen LogP contribution in [0.2, 0.25) is 0 Å².